The normalized spacial score (nSPS) is 12.0. The molecule has 0 spiro atoms. The van der Waals surface area contributed by atoms with Crippen LogP contribution in [0.25, 0.3) is 10.9 Å². The number of pyridine rings is 1. The molecule has 84 valence electrons. The number of fused-ring (bicyclic) bond motifs is 1. The summed E-state index contributed by atoms with van der Waals surface area (Å²) in [6.45, 7) is -0.423. The minimum atomic E-state index is -4.46. The second-order valence-electron chi connectivity index (χ2n) is 3.37. The molecule has 0 atom stereocenters. The van der Waals surface area contributed by atoms with Crippen molar-refractivity contribution >= 4 is 10.9 Å². The van der Waals surface area contributed by atoms with E-state index in [1.54, 1.807) is 6.07 Å². The van der Waals surface area contributed by atoms with E-state index in [0.29, 0.717) is 5.39 Å². The molecule has 1 heterocycles. The van der Waals surface area contributed by atoms with E-state index in [1.165, 1.54) is 18.3 Å². The second kappa shape index (κ2) is 3.75. The van der Waals surface area contributed by atoms with Crippen molar-refractivity contribution in [2.45, 2.75) is 12.8 Å². The first-order valence-corrected chi connectivity index (χ1v) is 4.58. The molecule has 1 N–H and O–H groups in total. The standard InChI is InChI=1S/C11H8F3NO/c12-11(13,14)9-5-7(6-16)4-8-2-1-3-15-10(8)9/h1-5,16H,6H2. The predicted molar refractivity (Wildman–Crippen MR) is 52.7 cm³/mol. The Kier molecular flexibility index (Phi) is 2.55. The Morgan fingerprint density at radius 2 is 2.00 bits per heavy atom. The molecule has 0 aliphatic carbocycles. The van der Waals surface area contributed by atoms with Gasteiger partial charge < -0.3 is 5.11 Å². The lowest BCUT2D eigenvalue weighted by Gasteiger charge is -2.11. The van der Waals surface area contributed by atoms with E-state index in [1.807, 2.05) is 0 Å². The molecule has 0 fully saturated rings. The van der Waals surface area contributed by atoms with Crippen molar-refractivity contribution in [3.8, 4) is 0 Å². The largest absolute Gasteiger partial charge is 0.418 e. The summed E-state index contributed by atoms with van der Waals surface area (Å²) in [6.07, 6.45) is -3.14. The first kappa shape index (κ1) is 10.9. The zero-order chi connectivity index (χ0) is 11.8. The van der Waals surface area contributed by atoms with Crippen LogP contribution in [-0.2, 0) is 12.8 Å². The van der Waals surface area contributed by atoms with Gasteiger partial charge in [0.1, 0.15) is 0 Å². The molecule has 0 amide bonds. The van der Waals surface area contributed by atoms with Gasteiger partial charge in [-0.05, 0) is 23.8 Å². The Balaban J connectivity index is 2.79. The summed E-state index contributed by atoms with van der Waals surface area (Å²) in [4.78, 5) is 3.72. The number of aliphatic hydroxyl groups is 1. The molecule has 16 heavy (non-hydrogen) atoms. The maximum absolute atomic E-state index is 12.7. The van der Waals surface area contributed by atoms with E-state index in [2.05, 4.69) is 4.98 Å². The molecule has 2 rings (SSSR count). The van der Waals surface area contributed by atoms with Gasteiger partial charge in [0.15, 0.2) is 0 Å². The first-order valence-electron chi connectivity index (χ1n) is 4.58. The number of nitrogens with zero attached hydrogens (tertiary/aromatic N) is 1. The maximum atomic E-state index is 12.7. The molecule has 0 radical (unpaired) electrons. The highest BCUT2D eigenvalue weighted by Gasteiger charge is 2.33. The number of alkyl halides is 3. The highest BCUT2D eigenvalue weighted by atomic mass is 19.4. The lowest BCUT2D eigenvalue weighted by molar-refractivity contribution is -0.136. The molecule has 0 aliphatic rings. The van der Waals surface area contributed by atoms with E-state index >= 15 is 0 Å². The number of hydrogen-bond donors (Lipinski definition) is 1. The van der Waals surface area contributed by atoms with Crippen LogP contribution < -0.4 is 0 Å². The Labute approximate surface area is 89.4 Å². The van der Waals surface area contributed by atoms with Gasteiger partial charge in [0.05, 0.1) is 17.7 Å². The number of aromatic nitrogens is 1. The van der Waals surface area contributed by atoms with Crippen LogP contribution in [0.5, 0.6) is 0 Å². The summed E-state index contributed by atoms with van der Waals surface area (Å²) in [5, 5.41) is 9.28. The molecular formula is C11H8F3NO. The molecule has 0 saturated carbocycles. The highest BCUT2D eigenvalue weighted by molar-refractivity contribution is 5.83. The maximum Gasteiger partial charge on any atom is 0.418 e. The van der Waals surface area contributed by atoms with Crippen LogP contribution in [-0.4, -0.2) is 10.1 Å². The third-order valence-corrected chi connectivity index (χ3v) is 2.25. The minimum Gasteiger partial charge on any atom is -0.392 e. The number of rotatable bonds is 1. The zero-order valence-electron chi connectivity index (χ0n) is 8.12. The van der Waals surface area contributed by atoms with Crippen LogP contribution in [0.4, 0.5) is 13.2 Å². The SMILES string of the molecule is OCc1cc(C(F)(F)F)c2ncccc2c1. The smallest absolute Gasteiger partial charge is 0.392 e. The van der Waals surface area contributed by atoms with Crippen LogP contribution in [0.15, 0.2) is 30.5 Å². The van der Waals surface area contributed by atoms with Gasteiger partial charge in [0, 0.05) is 11.6 Å². The molecule has 1 aromatic heterocycles. The fourth-order valence-corrected chi connectivity index (χ4v) is 1.56. The molecule has 2 nitrogen and oxygen atoms in total. The minimum absolute atomic E-state index is 0.0906. The number of aliphatic hydroxyl groups excluding tert-OH is 1. The van der Waals surface area contributed by atoms with Crippen molar-refractivity contribution in [1.82, 2.24) is 4.98 Å². The van der Waals surface area contributed by atoms with Crippen molar-refractivity contribution in [1.29, 1.82) is 0 Å². The Morgan fingerprint density at radius 1 is 1.25 bits per heavy atom. The summed E-state index contributed by atoms with van der Waals surface area (Å²) < 4.78 is 38.1. The van der Waals surface area contributed by atoms with Crippen molar-refractivity contribution in [2.24, 2.45) is 0 Å². The van der Waals surface area contributed by atoms with Crippen LogP contribution >= 0.6 is 0 Å². The van der Waals surface area contributed by atoms with Gasteiger partial charge in [-0.3, -0.25) is 4.98 Å². The molecule has 5 heteroatoms. The third kappa shape index (κ3) is 1.86. The van der Waals surface area contributed by atoms with Crippen molar-refractivity contribution in [3.63, 3.8) is 0 Å². The summed E-state index contributed by atoms with van der Waals surface area (Å²) in [5.41, 5.74) is -0.672. The van der Waals surface area contributed by atoms with Gasteiger partial charge in [-0.1, -0.05) is 6.07 Å². The predicted octanol–water partition coefficient (Wildman–Crippen LogP) is 2.75. The van der Waals surface area contributed by atoms with Crippen LogP contribution in [0.1, 0.15) is 11.1 Å². The molecule has 0 unspecified atom stereocenters. The highest BCUT2D eigenvalue weighted by Crippen LogP contribution is 2.34. The summed E-state index contributed by atoms with van der Waals surface area (Å²) in [5.74, 6) is 0. The summed E-state index contributed by atoms with van der Waals surface area (Å²) in [6, 6.07) is 5.52. The Bertz CT molecular complexity index is 522. The Morgan fingerprint density at radius 3 is 2.62 bits per heavy atom. The summed E-state index contributed by atoms with van der Waals surface area (Å²) >= 11 is 0. The number of halogens is 3. The van der Waals surface area contributed by atoms with Gasteiger partial charge >= 0.3 is 6.18 Å². The van der Waals surface area contributed by atoms with Gasteiger partial charge in [-0.15, -0.1) is 0 Å². The molecule has 0 saturated heterocycles. The monoisotopic (exact) mass is 227 g/mol. The average Bonchev–Trinajstić information content (AvgIpc) is 2.26. The van der Waals surface area contributed by atoms with Gasteiger partial charge in [-0.25, -0.2) is 0 Å². The van der Waals surface area contributed by atoms with Crippen LogP contribution in [0.3, 0.4) is 0 Å². The van der Waals surface area contributed by atoms with Crippen LogP contribution in [0.2, 0.25) is 0 Å². The van der Waals surface area contributed by atoms with Gasteiger partial charge in [-0.2, -0.15) is 13.2 Å². The molecule has 0 aliphatic heterocycles. The van der Waals surface area contributed by atoms with Crippen molar-refractivity contribution in [3.05, 3.63) is 41.6 Å². The third-order valence-electron chi connectivity index (χ3n) is 2.25. The van der Waals surface area contributed by atoms with Crippen molar-refractivity contribution in [2.75, 3.05) is 0 Å². The lowest BCUT2D eigenvalue weighted by atomic mass is 10.1. The lowest BCUT2D eigenvalue weighted by Crippen LogP contribution is -2.07. The quantitative estimate of drug-likeness (QED) is 0.812. The number of hydrogen-bond acceptors (Lipinski definition) is 2. The molecular weight excluding hydrogens is 219 g/mol. The van der Waals surface area contributed by atoms with E-state index in [-0.39, 0.29) is 11.1 Å². The van der Waals surface area contributed by atoms with E-state index in [9.17, 15) is 13.2 Å². The summed E-state index contributed by atoms with van der Waals surface area (Å²) in [7, 11) is 0. The van der Waals surface area contributed by atoms with Crippen LogP contribution in [0, 0.1) is 0 Å². The van der Waals surface area contributed by atoms with Gasteiger partial charge in [0.2, 0.25) is 0 Å². The average molecular weight is 227 g/mol. The topological polar surface area (TPSA) is 33.1 Å². The molecule has 1 aromatic carbocycles. The van der Waals surface area contributed by atoms with Gasteiger partial charge in [0.25, 0.3) is 0 Å². The fourth-order valence-electron chi connectivity index (χ4n) is 1.56. The zero-order valence-corrected chi connectivity index (χ0v) is 8.12. The Hall–Kier alpha value is -1.62. The van der Waals surface area contributed by atoms with E-state index < -0.39 is 18.3 Å². The molecule has 0 bridgehead atoms. The fraction of sp³-hybridized carbons (Fsp3) is 0.182. The van der Waals surface area contributed by atoms with E-state index in [0.717, 1.165) is 6.07 Å². The molecule has 2 aromatic rings. The van der Waals surface area contributed by atoms with E-state index in [4.69, 9.17) is 5.11 Å². The number of benzene rings is 1. The second-order valence-corrected chi connectivity index (χ2v) is 3.37. The first-order chi connectivity index (χ1) is 7.52. The van der Waals surface area contributed by atoms with Crippen molar-refractivity contribution < 1.29 is 18.3 Å².